The van der Waals surface area contributed by atoms with Crippen molar-refractivity contribution in [2.24, 2.45) is 0 Å². The Kier molecular flexibility index (Phi) is 7.31. The Hall–Kier alpha value is -4.04. The smallest absolute Gasteiger partial charge is 0.319 e. The number of rotatable bonds is 7. The zero-order chi connectivity index (χ0) is 31.6. The first-order valence-electron chi connectivity index (χ1n) is 14.7. The topological polar surface area (TPSA) is 101 Å². The highest BCUT2D eigenvalue weighted by molar-refractivity contribution is 7.22. The van der Waals surface area contributed by atoms with Crippen molar-refractivity contribution in [2.75, 3.05) is 50.5 Å². The minimum atomic E-state index is -1.41. The molecule has 0 spiro atoms. The van der Waals surface area contributed by atoms with Crippen LogP contribution in [-0.4, -0.2) is 94.4 Å². The number of ether oxygens (including phenoxy) is 1. The first kappa shape index (κ1) is 29.7. The molecule has 0 radical (unpaired) electrons. The molecule has 236 valence electrons. The summed E-state index contributed by atoms with van der Waals surface area (Å²) in [7, 11) is 1.63. The fraction of sp³-hybridized carbons (Fsp3) is 0.419. The molecule has 0 bridgehead atoms. The SMILES string of the molecule is C=CC(=O)N1C[C@@H](F)[C@@H](N(C)c2nc(OC[C@@]34CCCN3C[C@H](F)C4)nc3c(F)c(-c4ccc(F)c5sc(N)nc45)ccc23)C1. The second-order valence-corrected chi connectivity index (χ2v) is 13.0. The lowest BCUT2D eigenvalue weighted by Crippen LogP contribution is -2.43. The summed E-state index contributed by atoms with van der Waals surface area (Å²) in [6, 6.07) is 4.88. The van der Waals surface area contributed by atoms with Gasteiger partial charge in [-0.3, -0.25) is 9.69 Å². The molecule has 14 heteroatoms. The molecule has 7 rings (SSSR count). The van der Waals surface area contributed by atoms with Crippen LogP contribution < -0.4 is 15.4 Å². The summed E-state index contributed by atoms with van der Waals surface area (Å²) < 4.78 is 67.2. The number of carbonyl (C=O) groups excluding carboxylic acids is 1. The lowest BCUT2D eigenvalue weighted by atomic mass is 9.95. The summed E-state index contributed by atoms with van der Waals surface area (Å²) in [5.41, 5.74) is 5.92. The van der Waals surface area contributed by atoms with E-state index in [9.17, 15) is 13.6 Å². The quantitative estimate of drug-likeness (QED) is 0.225. The van der Waals surface area contributed by atoms with Crippen LogP contribution in [0.3, 0.4) is 0 Å². The molecule has 9 nitrogen and oxygen atoms in total. The molecule has 4 atom stereocenters. The van der Waals surface area contributed by atoms with Crippen molar-refractivity contribution in [3.63, 3.8) is 0 Å². The number of fused-ring (bicyclic) bond motifs is 3. The van der Waals surface area contributed by atoms with Crippen molar-refractivity contribution in [2.45, 2.75) is 43.2 Å². The van der Waals surface area contributed by atoms with E-state index in [4.69, 9.17) is 10.5 Å². The molecule has 3 aliphatic rings. The molecule has 0 saturated carbocycles. The van der Waals surface area contributed by atoms with Crippen LogP contribution in [0.1, 0.15) is 19.3 Å². The van der Waals surface area contributed by atoms with E-state index in [1.165, 1.54) is 23.1 Å². The van der Waals surface area contributed by atoms with E-state index in [1.54, 1.807) is 18.0 Å². The van der Waals surface area contributed by atoms with Crippen LogP contribution >= 0.6 is 11.3 Å². The third-order valence-electron chi connectivity index (χ3n) is 9.34. The monoisotopic (exact) mass is 641 g/mol. The molecule has 2 aromatic carbocycles. The maximum Gasteiger partial charge on any atom is 0.319 e. The number of aromatic nitrogens is 3. The molecule has 5 heterocycles. The van der Waals surface area contributed by atoms with Crippen molar-refractivity contribution < 1.29 is 27.1 Å². The van der Waals surface area contributed by atoms with Gasteiger partial charge in [-0.2, -0.15) is 9.97 Å². The second-order valence-electron chi connectivity index (χ2n) is 12.0. The van der Waals surface area contributed by atoms with Gasteiger partial charge < -0.3 is 20.3 Å². The number of hydrogen-bond acceptors (Lipinski definition) is 9. The maximum atomic E-state index is 16.6. The number of hydrogen-bond donors (Lipinski definition) is 1. The fourth-order valence-electron chi connectivity index (χ4n) is 7.10. The normalized spacial score (nSPS) is 24.9. The van der Waals surface area contributed by atoms with Crippen molar-refractivity contribution in [1.82, 2.24) is 24.8 Å². The summed E-state index contributed by atoms with van der Waals surface area (Å²) in [5.74, 6) is -1.43. The van der Waals surface area contributed by atoms with Crippen molar-refractivity contribution >= 4 is 49.3 Å². The van der Waals surface area contributed by atoms with E-state index in [0.717, 1.165) is 36.8 Å². The molecule has 3 aliphatic heterocycles. The van der Waals surface area contributed by atoms with Crippen molar-refractivity contribution in [1.29, 1.82) is 0 Å². The number of likely N-dealkylation sites (tertiary alicyclic amines) is 1. The number of nitrogens with zero attached hydrogens (tertiary/aromatic N) is 6. The van der Waals surface area contributed by atoms with Crippen LogP contribution in [0.2, 0.25) is 0 Å². The number of likely N-dealkylation sites (N-methyl/N-ethyl adjacent to an activating group) is 1. The van der Waals surface area contributed by atoms with Gasteiger partial charge in [0.15, 0.2) is 10.9 Å². The van der Waals surface area contributed by atoms with Gasteiger partial charge in [0.05, 0.1) is 28.3 Å². The standard InChI is InChI=1S/C31H31F4N7O2S/c1-3-23(43)41-13-21(34)22(14-41)40(2)28-19-6-5-17(18-7-8-20(33)27-26(18)37-29(36)45-27)24(35)25(19)38-30(39-28)44-15-31-9-4-10-42(31)12-16(32)11-31/h3,5-8,16,21-22H,1,4,9-15H2,2H3,(H2,36,37)/t16-,21-,22+,31+/m1/s1. The van der Waals surface area contributed by atoms with Gasteiger partial charge in [-0.25, -0.2) is 22.5 Å². The van der Waals surface area contributed by atoms with Gasteiger partial charge in [0.25, 0.3) is 0 Å². The van der Waals surface area contributed by atoms with Crippen LogP contribution in [0.4, 0.5) is 28.5 Å². The minimum absolute atomic E-state index is 0.0690. The zero-order valence-corrected chi connectivity index (χ0v) is 25.3. The van der Waals surface area contributed by atoms with Gasteiger partial charge >= 0.3 is 6.01 Å². The molecule has 3 saturated heterocycles. The van der Waals surface area contributed by atoms with Gasteiger partial charge in [-0.05, 0) is 43.7 Å². The second kappa shape index (κ2) is 11.1. The summed E-state index contributed by atoms with van der Waals surface area (Å²) >= 11 is 0.966. The zero-order valence-electron chi connectivity index (χ0n) is 24.5. The highest BCUT2D eigenvalue weighted by atomic mass is 32.1. The molecule has 1 amide bonds. The lowest BCUT2D eigenvalue weighted by Gasteiger charge is -2.31. The summed E-state index contributed by atoms with van der Waals surface area (Å²) in [5, 5.41) is 0.428. The van der Waals surface area contributed by atoms with Gasteiger partial charge in [0.1, 0.15) is 36.1 Å². The van der Waals surface area contributed by atoms with E-state index < -0.39 is 41.5 Å². The molecule has 3 fully saturated rings. The van der Waals surface area contributed by atoms with Crippen molar-refractivity contribution in [3.05, 3.63) is 48.6 Å². The molecular formula is C31H31F4N7O2S. The predicted octanol–water partition coefficient (Wildman–Crippen LogP) is 4.89. The number of halogens is 4. The number of nitrogen functional groups attached to an aromatic ring is 1. The first-order valence-corrected chi connectivity index (χ1v) is 15.6. The van der Waals surface area contributed by atoms with E-state index in [2.05, 4.69) is 26.4 Å². The largest absolute Gasteiger partial charge is 0.461 e. The molecule has 2 N–H and O–H groups in total. The highest BCUT2D eigenvalue weighted by Gasteiger charge is 2.49. The summed E-state index contributed by atoms with van der Waals surface area (Å²) in [6.45, 7) is 4.65. The van der Waals surface area contributed by atoms with E-state index >= 15 is 8.78 Å². The number of anilines is 2. The Labute approximate surface area is 260 Å². The number of amides is 1. The Morgan fingerprint density at radius 3 is 2.76 bits per heavy atom. The van der Waals surface area contributed by atoms with Crippen LogP contribution in [0.15, 0.2) is 36.9 Å². The summed E-state index contributed by atoms with van der Waals surface area (Å²) in [6.07, 6.45) is 0.742. The van der Waals surface area contributed by atoms with Gasteiger partial charge in [-0.15, -0.1) is 0 Å². The highest BCUT2D eigenvalue weighted by Crippen LogP contribution is 2.42. The van der Waals surface area contributed by atoms with Gasteiger partial charge in [0, 0.05) is 43.1 Å². The van der Waals surface area contributed by atoms with Crippen LogP contribution in [0.25, 0.3) is 32.2 Å². The predicted molar refractivity (Wildman–Crippen MR) is 165 cm³/mol. The van der Waals surface area contributed by atoms with Crippen LogP contribution in [-0.2, 0) is 4.79 Å². The molecule has 0 unspecified atom stereocenters. The Morgan fingerprint density at radius 2 is 1.96 bits per heavy atom. The average molecular weight is 642 g/mol. The van der Waals surface area contributed by atoms with Crippen LogP contribution in [0, 0.1) is 11.6 Å². The van der Waals surface area contributed by atoms with Crippen molar-refractivity contribution in [3.8, 4) is 17.1 Å². The number of carbonyl (C=O) groups is 1. The lowest BCUT2D eigenvalue weighted by molar-refractivity contribution is -0.125. The molecule has 45 heavy (non-hydrogen) atoms. The molecule has 2 aromatic heterocycles. The fourth-order valence-corrected chi connectivity index (χ4v) is 7.87. The Morgan fingerprint density at radius 1 is 1.16 bits per heavy atom. The molecule has 4 aromatic rings. The number of nitrogens with two attached hydrogens (primary N) is 1. The minimum Gasteiger partial charge on any atom is -0.461 e. The third kappa shape index (κ3) is 4.94. The van der Waals surface area contributed by atoms with Crippen LogP contribution in [0.5, 0.6) is 6.01 Å². The average Bonchev–Trinajstić information content (AvgIpc) is 3.78. The Balaban J connectivity index is 1.33. The number of thiazole rings is 1. The van der Waals surface area contributed by atoms with E-state index in [1.807, 2.05) is 0 Å². The number of alkyl halides is 2. The van der Waals surface area contributed by atoms with Gasteiger partial charge in [0.2, 0.25) is 5.91 Å². The first-order chi connectivity index (χ1) is 21.6. The molecular weight excluding hydrogens is 610 g/mol. The van der Waals surface area contributed by atoms with E-state index in [0.29, 0.717) is 18.5 Å². The maximum absolute atomic E-state index is 16.6. The van der Waals surface area contributed by atoms with Gasteiger partial charge in [-0.1, -0.05) is 24.0 Å². The summed E-state index contributed by atoms with van der Waals surface area (Å²) in [4.78, 5) is 30.6. The molecule has 0 aliphatic carbocycles. The number of benzene rings is 2. The Bertz CT molecular complexity index is 1840. The third-order valence-corrected chi connectivity index (χ3v) is 10.2. The van der Waals surface area contributed by atoms with E-state index in [-0.39, 0.29) is 63.3 Å².